The van der Waals surface area contributed by atoms with Crippen LogP contribution in [-0.4, -0.2) is 48.6 Å². The third-order valence-corrected chi connectivity index (χ3v) is 5.60. The van der Waals surface area contributed by atoms with Gasteiger partial charge in [0.1, 0.15) is 17.8 Å². The van der Waals surface area contributed by atoms with Gasteiger partial charge in [-0.1, -0.05) is 31.9 Å². The minimum Gasteiger partial charge on any atom is -0.497 e. The molecule has 7 nitrogen and oxygen atoms in total. The highest BCUT2D eigenvalue weighted by atomic mass is 16.5. The molecule has 1 aromatic carbocycles. The van der Waals surface area contributed by atoms with Crippen LogP contribution in [0.15, 0.2) is 24.3 Å². The number of benzene rings is 1. The van der Waals surface area contributed by atoms with Gasteiger partial charge in [0.2, 0.25) is 0 Å². The predicted octanol–water partition coefficient (Wildman–Crippen LogP) is 2.28. The lowest BCUT2D eigenvalue weighted by Crippen LogP contribution is -2.54. The fourth-order valence-electron chi connectivity index (χ4n) is 3.89. The van der Waals surface area contributed by atoms with Crippen LogP contribution in [0.5, 0.6) is 5.75 Å². The van der Waals surface area contributed by atoms with Crippen molar-refractivity contribution in [2.24, 2.45) is 5.92 Å². The smallest absolute Gasteiger partial charge is 0.326 e. The average Bonchev–Trinajstić information content (AvgIpc) is 2.90. The van der Waals surface area contributed by atoms with Crippen molar-refractivity contribution in [1.82, 2.24) is 10.2 Å². The summed E-state index contributed by atoms with van der Waals surface area (Å²) in [7, 11) is 1.60. The molecule has 2 atom stereocenters. The topological polar surface area (TPSA) is 84.9 Å². The van der Waals surface area contributed by atoms with Gasteiger partial charge in [-0.2, -0.15) is 0 Å². The van der Waals surface area contributed by atoms with Crippen molar-refractivity contribution in [3.05, 3.63) is 29.8 Å². The van der Waals surface area contributed by atoms with Crippen molar-refractivity contribution in [2.45, 2.75) is 44.6 Å². The van der Waals surface area contributed by atoms with Gasteiger partial charge in [0.05, 0.1) is 13.7 Å². The zero-order valence-electron chi connectivity index (χ0n) is 15.8. The number of carbonyl (C=O) groups is 3. The minimum absolute atomic E-state index is 0.0683. The van der Waals surface area contributed by atoms with Crippen molar-refractivity contribution >= 4 is 17.9 Å². The zero-order chi connectivity index (χ0) is 19.4. The van der Waals surface area contributed by atoms with E-state index in [1.165, 1.54) is 0 Å². The van der Waals surface area contributed by atoms with E-state index in [1.807, 2.05) is 31.2 Å². The number of rotatable bonds is 6. The lowest BCUT2D eigenvalue weighted by atomic mass is 9.73. The Hall–Kier alpha value is -2.57. The normalized spacial score (nSPS) is 24.8. The van der Waals surface area contributed by atoms with Gasteiger partial charge < -0.3 is 14.8 Å². The molecule has 3 rings (SSSR count). The molecule has 0 aromatic heterocycles. The number of nitrogens with zero attached hydrogens (tertiary/aromatic N) is 1. The van der Waals surface area contributed by atoms with Gasteiger partial charge in [-0.3, -0.25) is 14.5 Å². The fourth-order valence-corrected chi connectivity index (χ4v) is 3.89. The van der Waals surface area contributed by atoms with Gasteiger partial charge in [-0.05, 0) is 36.5 Å². The average molecular weight is 374 g/mol. The molecule has 27 heavy (non-hydrogen) atoms. The Morgan fingerprint density at radius 2 is 2.00 bits per heavy atom. The first-order chi connectivity index (χ1) is 13.0. The third-order valence-electron chi connectivity index (χ3n) is 5.60. The number of hydrogen-bond acceptors (Lipinski definition) is 5. The molecular weight excluding hydrogens is 348 g/mol. The van der Waals surface area contributed by atoms with Crippen LogP contribution in [0.25, 0.3) is 0 Å². The summed E-state index contributed by atoms with van der Waals surface area (Å²) in [4.78, 5) is 38.2. The maximum Gasteiger partial charge on any atom is 0.326 e. The van der Waals surface area contributed by atoms with Crippen molar-refractivity contribution in [3.63, 3.8) is 0 Å². The summed E-state index contributed by atoms with van der Waals surface area (Å²) >= 11 is 0. The number of carbonyl (C=O) groups excluding carboxylic acids is 3. The molecule has 7 heteroatoms. The van der Waals surface area contributed by atoms with Gasteiger partial charge in [0.25, 0.3) is 5.91 Å². The van der Waals surface area contributed by atoms with Crippen LogP contribution in [0.1, 0.15) is 38.2 Å². The summed E-state index contributed by atoms with van der Waals surface area (Å²) in [6, 6.07) is 6.99. The molecule has 1 aliphatic carbocycles. The van der Waals surface area contributed by atoms with Gasteiger partial charge in [-0.25, -0.2) is 4.79 Å². The van der Waals surface area contributed by atoms with E-state index < -0.39 is 17.5 Å². The molecule has 3 amide bonds. The fraction of sp³-hybridized carbons (Fsp3) is 0.550. The number of nitrogens with one attached hydrogen (secondary N) is 1. The molecule has 0 unspecified atom stereocenters. The molecule has 1 aliphatic heterocycles. The molecule has 1 N–H and O–H groups in total. The van der Waals surface area contributed by atoms with Crippen LogP contribution in [0, 0.1) is 5.92 Å². The van der Waals surface area contributed by atoms with E-state index in [4.69, 9.17) is 9.47 Å². The molecule has 1 heterocycles. The number of urea groups is 1. The Kier molecular flexibility index (Phi) is 5.68. The molecule has 2 fully saturated rings. The van der Waals surface area contributed by atoms with Crippen molar-refractivity contribution in [2.75, 3.05) is 20.3 Å². The zero-order valence-corrected chi connectivity index (χ0v) is 15.8. The molecule has 0 bridgehead atoms. The maximum absolute atomic E-state index is 12.8. The molecule has 1 saturated heterocycles. The molecule has 1 spiro atoms. The van der Waals surface area contributed by atoms with Crippen LogP contribution in [0.2, 0.25) is 0 Å². The lowest BCUT2D eigenvalue weighted by Gasteiger charge is -2.36. The Morgan fingerprint density at radius 1 is 1.26 bits per heavy atom. The SMILES string of the molecule is COc1ccc(CCOC(=O)CN2C(=O)N[C@@]3(CCCC[C@@H]3C)C2=O)cc1. The molecule has 146 valence electrons. The monoisotopic (exact) mass is 374 g/mol. The van der Waals surface area contributed by atoms with Crippen LogP contribution < -0.4 is 10.1 Å². The van der Waals surface area contributed by atoms with E-state index in [2.05, 4.69) is 5.32 Å². The highest BCUT2D eigenvalue weighted by Gasteiger charge is 2.55. The number of esters is 1. The van der Waals surface area contributed by atoms with Crippen LogP contribution >= 0.6 is 0 Å². The minimum atomic E-state index is -0.849. The van der Waals surface area contributed by atoms with Crippen molar-refractivity contribution < 1.29 is 23.9 Å². The predicted molar refractivity (Wildman–Crippen MR) is 98.3 cm³/mol. The largest absolute Gasteiger partial charge is 0.497 e. The van der Waals surface area contributed by atoms with Gasteiger partial charge in [-0.15, -0.1) is 0 Å². The molecule has 1 saturated carbocycles. The summed E-state index contributed by atoms with van der Waals surface area (Å²) in [5.41, 5.74) is 0.159. The highest BCUT2D eigenvalue weighted by molar-refractivity contribution is 6.08. The maximum atomic E-state index is 12.8. The third kappa shape index (κ3) is 3.91. The Balaban J connectivity index is 1.51. The van der Waals surface area contributed by atoms with E-state index in [0.717, 1.165) is 35.5 Å². The summed E-state index contributed by atoms with van der Waals surface area (Å²) in [5.74, 6) is -0.0432. The number of imide groups is 1. The Labute approximate surface area is 159 Å². The number of amides is 3. The highest BCUT2D eigenvalue weighted by Crippen LogP contribution is 2.38. The second-order valence-electron chi connectivity index (χ2n) is 7.26. The van der Waals surface area contributed by atoms with Gasteiger partial charge in [0.15, 0.2) is 0 Å². The summed E-state index contributed by atoms with van der Waals surface area (Å²) in [5, 5.41) is 2.83. The summed E-state index contributed by atoms with van der Waals surface area (Å²) < 4.78 is 10.3. The van der Waals surface area contributed by atoms with E-state index in [1.54, 1.807) is 7.11 Å². The Bertz CT molecular complexity index is 718. The van der Waals surface area contributed by atoms with E-state index in [9.17, 15) is 14.4 Å². The molecule has 2 aliphatic rings. The van der Waals surface area contributed by atoms with E-state index in [0.29, 0.717) is 12.8 Å². The van der Waals surface area contributed by atoms with E-state index >= 15 is 0 Å². The number of ether oxygens (including phenoxy) is 2. The van der Waals surface area contributed by atoms with Crippen LogP contribution in [-0.2, 0) is 20.7 Å². The first-order valence-electron chi connectivity index (χ1n) is 9.39. The number of hydrogen-bond donors (Lipinski definition) is 1. The van der Waals surface area contributed by atoms with Crippen molar-refractivity contribution in [3.8, 4) is 5.75 Å². The lowest BCUT2D eigenvalue weighted by molar-refractivity contribution is -0.148. The summed E-state index contributed by atoms with van der Waals surface area (Å²) in [6.07, 6.45) is 4.03. The Morgan fingerprint density at radius 3 is 2.67 bits per heavy atom. The first kappa shape index (κ1) is 19.2. The quantitative estimate of drug-likeness (QED) is 0.610. The summed E-state index contributed by atoms with van der Waals surface area (Å²) in [6.45, 7) is 1.83. The first-order valence-corrected chi connectivity index (χ1v) is 9.39. The standard InChI is InChI=1S/C20H26N2O5/c1-14-5-3-4-11-20(14)18(24)22(19(25)21-20)13-17(23)27-12-10-15-6-8-16(26-2)9-7-15/h6-9,14H,3-5,10-13H2,1-2H3,(H,21,25)/t14-,20+/m0/s1. The van der Waals surface area contributed by atoms with E-state index in [-0.39, 0.29) is 25.0 Å². The molecule has 0 radical (unpaired) electrons. The number of methoxy groups -OCH3 is 1. The van der Waals surface area contributed by atoms with Crippen LogP contribution in [0.3, 0.4) is 0 Å². The van der Waals surface area contributed by atoms with Crippen LogP contribution in [0.4, 0.5) is 4.79 Å². The van der Waals surface area contributed by atoms with Gasteiger partial charge >= 0.3 is 12.0 Å². The second-order valence-corrected chi connectivity index (χ2v) is 7.26. The van der Waals surface area contributed by atoms with Gasteiger partial charge in [0, 0.05) is 6.42 Å². The molecular formula is C20H26N2O5. The molecule has 1 aromatic rings. The second kappa shape index (κ2) is 7.98. The van der Waals surface area contributed by atoms with Crippen molar-refractivity contribution in [1.29, 1.82) is 0 Å².